The Morgan fingerprint density at radius 2 is 1.63 bits per heavy atom. The number of methoxy groups -OCH3 is 1. The summed E-state index contributed by atoms with van der Waals surface area (Å²) in [6, 6.07) is 22.1. The van der Waals surface area contributed by atoms with Gasteiger partial charge in [-0.1, -0.05) is 48.5 Å². The van der Waals surface area contributed by atoms with E-state index in [1.54, 1.807) is 7.11 Å². The van der Waals surface area contributed by atoms with Crippen LogP contribution in [0.5, 0.6) is 5.75 Å². The maximum absolute atomic E-state index is 13.2. The average Bonchev–Trinajstić information content (AvgIpc) is 2.66. The second kappa shape index (κ2) is 9.54. The summed E-state index contributed by atoms with van der Waals surface area (Å²) >= 11 is 0. The highest BCUT2D eigenvalue weighted by Gasteiger charge is 2.21. The van der Waals surface area contributed by atoms with E-state index in [9.17, 15) is 4.79 Å². The molecule has 0 amide bonds. The van der Waals surface area contributed by atoms with Crippen LogP contribution in [0.1, 0.15) is 15.9 Å². The first-order chi connectivity index (χ1) is 12.6. The molecule has 0 aromatic heterocycles. The van der Waals surface area contributed by atoms with Gasteiger partial charge in [0.2, 0.25) is 0 Å². The van der Waals surface area contributed by atoms with E-state index >= 15 is 0 Å². The lowest BCUT2D eigenvalue weighted by atomic mass is 9.90. The largest absolute Gasteiger partial charge is 0.497 e. The summed E-state index contributed by atoms with van der Waals surface area (Å²) in [5.41, 5.74) is 1.96. The zero-order valence-electron chi connectivity index (χ0n) is 16.0. The van der Waals surface area contributed by atoms with E-state index in [2.05, 4.69) is 17.0 Å². The Hall–Kier alpha value is -2.36. The van der Waals surface area contributed by atoms with Crippen LogP contribution < -0.4 is 4.74 Å². The highest BCUT2D eigenvalue weighted by atomic mass is 35.5. The number of nitrogens with zero attached hydrogens (tertiary/aromatic N) is 1. The van der Waals surface area contributed by atoms with Crippen LogP contribution in [-0.2, 0) is 6.42 Å². The van der Waals surface area contributed by atoms with Crippen LogP contribution in [0.4, 0.5) is 0 Å². The number of halogens is 1. The Labute approximate surface area is 167 Å². The summed E-state index contributed by atoms with van der Waals surface area (Å²) in [5, 5.41) is 2.13. The number of hydrogen-bond donors (Lipinski definition) is 0. The molecule has 0 unspecified atom stereocenters. The summed E-state index contributed by atoms with van der Waals surface area (Å²) in [6.07, 6.45) is 0.749. The van der Waals surface area contributed by atoms with Crippen LogP contribution >= 0.6 is 12.4 Å². The van der Waals surface area contributed by atoms with Crippen molar-refractivity contribution in [2.45, 2.75) is 6.42 Å². The van der Waals surface area contributed by atoms with Gasteiger partial charge in [0.15, 0.2) is 5.78 Å². The molecule has 0 heterocycles. The maximum atomic E-state index is 13.2. The van der Waals surface area contributed by atoms with Gasteiger partial charge in [0, 0.05) is 18.0 Å². The molecule has 0 spiro atoms. The van der Waals surface area contributed by atoms with Crippen molar-refractivity contribution in [2.75, 3.05) is 27.7 Å². The zero-order chi connectivity index (χ0) is 18.5. The van der Waals surface area contributed by atoms with Crippen LogP contribution in [0.3, 0.4) is 0 Å². The fourth-order valence-corrected chi connectivity index (χ4v) is 3.32. The van der Waals surface area contributed by atoms with Crippen molar-refractivity contribution < 1.29 is 9.53 Å². The molecule has 0 fully saturated rings. The molecule has 3 aromatic carbocycles. The topological polar surface area (TPSA) is 29.5 Å². The molecule has 0 bridgehead atoms. The minimum Gasteiger partial charge on any atom is -0.497 e. The number of carbonyl (C=O) groups excluding carboxylic acids is 1. The van der Waals surface area contributed by atoms with Crippen molar-refractivity contribution in [3.8, 4) is 5.75 Å². The first-order valence-electron chi connectivity index (χ1n) is 8.87. The predicted molar refractivity (Wildman–Crippen MR) is 114 cm³/mol. The Kier molecular flexibility index (Phi) is 7.40. The van der Waals surface area contributed by atoms with Crippen molar-refractivity contribution >= 4 is 29.0 Å². The third kappa shape index (κ3) is 5.31. The molecule has 3 nitrogen and oxygen atoms in total. The van der Waals surface area contributed by atoms with Crippen molar-refractivity contribution in [2.24, 2.45) is 5.92 Å². The lowest BCUT2D eigenvalue weighted by Crippen LogP contribution is -2.29. The summed E-state index contributed by atoms with van der Waals surface area (Å²) in [7, 11) is 5.68. The normalized spacial score (nSPS) is 11.9. The molecular formula is C23H26ClNO2. The Morgan fingerprint density at radius 1 is 0.963 bits per heavy atom. The van der Waals surface area contributed by atoms with E-state index in [-0.39, 0.29) is 24.1 Å². The molecule has 0 aliphatic carbocycles. The van der Waals surface area contributed by atoms with Crippen LogP contribution in [-0.4, -0.2) is 38.4 Å². The number of hydrogen-bond acceptors (Lipinski definition) is 3. The van der Waals surface area contributed by atoms with Gasteiger partial charge in [-0.2, -0.15) is 0 Å². The van der Waals surface area contributed by atoms with E-state index < -0.39 is 0 Å². The number of benzene rings is 3. The number of carbonyl (C=O) groups is 1. The Balaban J connectivity index is 0.00000261. The molecule has 0 saturated heterocycles. The number of ketones is 1. The van der Waals surface area contributed by atoms with Gasteiger partial charge in [-0.05, 0) is 55.1 Å². The monoisotopic (exact) mass is 383 g/mol. The third-order valence-corrected chi connectivity index (χ3v) is 4.61. The first-order valence-corrected chi connectivity index (χ1v) is 8.87. The zero-order valence-corrected chi connectivity index (χ0v) is 16.8. The van der Waals surface area contributed by atoms with E-state index in [0.717, 1.165) is 35.1 Å². The van der Waals surface area contributed by atoms with E-state index in [4.69, 9.17) is 4.74 Å². The Morgan fingerprint density at radius 3 is 2.30 bits per heavy atom. The maximum Gasteiger partial charge on any atom is 0.167 e. The van der Waals surface area contributed by atoms with Gasteiger partial charge in [0.25, 0.3) is 0 Å². The molecule has 3 rings (SSSR count). The molecule has 0 aliphatic rings. The predicted octanol–water partition coefficient (Wildman–Crippen LogP) is 4.87. The second-order valence-electron chi connectivity index (χ2n) is 6.94. The van der Waals surface area contributed by atoms with E-state index in [1.807, 2.05) is 68.7 Å². The molecule has 4 heteroatoms. The molecule has 0 N–H and O–H groups in total. The van der Waals surface area contributed by atoms with Crippen molar-refractivity contribution in [3.05, 3.63) is 77.9 Å². The second-order valence-corrected chi connectivity index (χ2v) is 6.94. The Bertz CT molecular complexity index is 893. The quantitative estimate of drug-likeness (QED) is 0.545. The number of Topliss-reactive ketones (excluding diaryl/α,β-unsaturated/α-hetero) is 1. The van der Waals surface area contributed by atoms with Gasteiger partial charge < -0.3 is 9.64 Å². The van der Waals surface area contributed by atoms with E-state index in [0.29, 0.717) is 0 Å². The van der Waals surface area contributed by atoms with Crippen LogP contribution in [0.25, 0.3) is 10.8 Å². The summed E-state index contributed by atoms with van der Waals surface area (Å²) in [5.74, 6) is 0.953. The van der Waals surface area contributed by atoms with Gasteiger partial charge in [0.05, 0.1) is 7.11 Å². The van der Waals surface area contributed by atoms with Crippen LogP contribution in [0.2, 0.25) is 0 Å². The highest BCUT2D eigenvalue weighted by molar-refractivity contribution is 6.01. The summed E-state index contributed by atoms with van der Waals surface area (Å²) in [6.45, 7) is 0.731. The lowest BCUT2D eigenvalue weighted by Gasteiger charge is -2.20. The number of ether oxygens (including phenoxy) is 1. The van der Waals surface area contributed by atoms with Gasteiger partial charge >= 0.3 is 0 Å². The molecule has 0 radical (unpaired) electrons. The molecule has 0 saturated carbocycles. The minimum atomic E-state index is -0.0666. The molecular weight excluding hydrogens is 358 g/mol. The SMILES string of the molecule is COc1ccc2cc(C(=O)[C@@H](Cc3ccccc3)CN(C)C)ccc2c1.Cl. The van der Waals surface area contributed by atoms with Gasteiger partial charge in [0.1, 0.15) is 5.75 Å². The summed E-state index contributed by atoms with van der Waals surface area (Å²) in [4.78, 5) is 15.3. The van der Waals surface area contributed by atoms with Crippen molar-refractivity contribution in [3.63, 3.8) is 0 Å². The smallest absolute Gasteiger partial charge is 0.167 e. The minimum absolute atomic E-state index is 0. The fourth-order valence-electron chi connectivity index (χ4n) is 3.32. The van der Waals surface area contributed by atoms with Gasteiger partial charge in [-0.3, -0.25) is 4.79 Å². The van der Waals surface area contributed by atoms with E-state index in [1.165, 1.54) is 5.56 Å². The lowest BCUT2D eigenvalue weighted by molar-refractivity contribution is 0.0897. The van der Waals surface area contributed by atoms with Gasteiger partial charge in [-0.15, -0.1) is 12.4 Å². The van der Waals surface area contributed by atoms with Gasteiger partial charge in [-0.25, -0.2) is 0 Å². The molecule has 0 aliphatic heterocycles. The number of fused-ring (bicyclic) bond motifs is 1. The van der Waals surface area contributed by atoms with Crippen LogP contribution in [0, 0.1) is 5.92 Å². The molecule has 27 heavy (non-hydrogen) atoms. The summed E-state index contributed by atoms with van der Waals surface area (Å²) < 4.78 is 5.28. The average molecular weight is 384 g/mol. The molecule has 1 atom stereocenters. The van der Waals surface area contributed by atoms with Crippen molar-refractivity contribution in [1.29, 1.82) is 0 Å². The van der Waals surface area contributed by atoms with Crippen LogP contribution in [0.15, 0.2) is 66.7 Å². The fraction of sp³-hybridized carbons (Fsp3) is 0.261. The number of rotatable bonds is 7. The molecule has 142 valence electrons. The third-order valence-electron chi connectivity index (χ3n) is 4.61. The van der Waals surface area contributed by atoms with Crippen molar-refractivity contribution in [1.82, 2.24) is 4.90 Å². The highest BCUT2D eigenvalue weighted by Crippen LogP contribution is 2.24. The molecule has 3 aromatic rings. The first kappa shape index (κ1) is 20.9. The standard InChI is InChI=1S/C23H25NO2.ClH/c1-24(2)16-21(13-17-7-5-4-6-8-17)23(25)20-10-9-19-15-22(26-3)12-11-18(19)14-20;/h4-12,14-15,21H,13,16H2,1-3H3;1H/t21-;/m0./s1.